The van der Waals surface area contributed by atoms with Gasteiger partial charge in [0.15, 0.2) is 0 Å². The average molecular weight is 314 g/mol. The van der Waals surface area contributed by atoms with E-state index in [-0.39, 0.29) is 5.91 Å². The van der Waals surface area contributed by atoms with Crippen LogP contribution in [0.2, 0.25) is 0 Å². The second-order valence-corrected chi connectivity index (χ2v) is 5.75. The van der Waals surface area contributed by atoms with Crippen molar-refractivity contribution in [1.82, 2.24) is 9.88 Å². The van der Waals surface area contributed by atoms with E-state index in [0.717, 1.165) is 17.4 Å². The van der Waals surface area contributed by atoms with E-state index in [4.69, 9.17) is 0 Å². The smallest absolute Gasteiger partial charge is 0.239 e. The molecule has 1 heterocycles. The number of pyridine rings is 1. The Kier molecular flexibility index (Phi) is 6.29. The lowest BCUT2D eigenvalue weighted by atomic mass is 10.1. The van der Waals surface area contributed by atoms with Crippen LogP contribution in [0.15, 0.2) is 22.8 Å². The molecule has 1 rings (SSSR count). The van der Waals surface area contributed by atoms with Crippen LogP contribution in [0, 0.1) is 5.92 Å². The third-order valence-corrected chi connectivity index (χ3v) is 2.97. The molecule has 0 saturated heterocycles. The van der Waals surface area contributed by atoms with E-state index in [0.29, 0.717) is 18.3 Å². The number of aromatic nitrogens is 1. The lowest BCUT2D eigenvalue weighted by Crippen LogP contribution is -2.31. The third-order valence-electron chi connectivity index (χ3n) is 2.50. The number of rotatable bonds is 6. The van der Waals surface area contributed by atoms with Gasteiger partial charge in [-0.1, -0.05) is 13.8 Å². The van der Waals surface area contributed by atoms with E-state index < -0.39 is 0 Å². The maximum Gasteiger partial charge on any atom is 0.239 e. The molecular weight excluding hydrogens is 294 g/mol. The molecule has 0 fully saturated rings. The van der Waals surface area contributed by atoms with Crippen molar-refractivity contribution >= 4 is 27.7 Å². The number of carbonyl (C=O) groups excluding carboxylic acids is 1. The zero-order valence-electron chi connectivity index (χ0n) is 11.1. The number of carbonyl (C=O) groups is 1. The van der Waals surface area contributed by atoms with Crippen LogP contribution in [0.5, 0.6) is 0 Å². The Bertz CT molecular complexity index is 378. The zero-order valence-corrected chi connectivity index (χ0v) is 12.7. The van der Waals surface area contributed by atoms with E-state index >= 15 is 0 Å². The van der Waals surface area contributed by atoms with Gasteiger partial charge in [-0.05, 0) is 54.0 Å². The van der Waals surface area contributed by atoms with Gasteiger partial charge in [0.1, 0.15) is 5.82 Å². The number of anilines is 1. The first-order chi connectivity index (χ1) is 8.47. The summed E-state index contributed by atoms with van der Waals surface area (Å²) in [7, 11) is 1.96. The molecule has 100 valence electrons. The predicted octanol–water partition coefficient (Wildman–Crippen LogP) is 2.76. The van der Waals surface area contributed by atoms with Gasteiger partial charge in [0.25, 0.3) is 0 Å². The zero-order chi connectivity index (χ0) is 13.5. The Hall–Kier alpha value is -0.940. The van der Waals surface area contributed by atoms with Crippen LogP contribution in [-0.4, -0.2) is 35.9 Å². The van der Waals surface area contributed by atoms with E-state index in [9.17, 15) is 4.79 Å². The first kappa shape index (κ1) is 15.1. The standard InChI is InChI=1S/C13H20BrN3O/c1-10(2)6-7-17(3)9-13(18)16-12-5-4-11(14)8-15-12/h4-5,8,10H,6-7,9H2,1-3H3,(H,15,16,18). The third kappa shape index (κ3) is 6.12. The SMILES string of the molecule is CC(C)CCN(C)CC(=O)Nc1ccc(Br)cn1. The number of nitrogens with zero attached hydrogens (tertiary/aromatic N) is 2. The predicted molar refractivity (Wildman–Crippen MR) is 77.5 cm³/mol. The first-order valence-electron chi connectivity index (χ1n) is 6.07. The van der Waals surface area contributed by atoms with Crippen LogP contribution in [-0.2, 0) is 4.79 Å². The molecule has 0 unspecified atom stereocenters. The first-order valence-corrected chi connectivity index (χ1v) is 6.86. The van der Waals surface area contributed by atoms with Crippen molar-refractivity contribution in [3.63, 3.8) is 0 Å². The summed E-state index contributed by atoms with van der Waals surface area (Å²) < 4.78 is 0.898. The van der Waals surface area contributed by atoms with E-state index in [1.807, 2.05) is 18.0 Å². The highest BCUT2D eigenvalue weighted by molar-refractivity contribution is 9.10. The topological polar surface area (TPSA) is 45.2 Å². The molecule has 0 radical (unpaired) electrons. The molecule has 4 nitrogen and oxygen atoms in total. The molecule has 0 aliphatic carbocycles. The molecule has 1 aromatic heterocycles. The van der Waals surface area contributed by atoms with E-state index in [1.54, 1.807) is 12.3 Å². The average Bonchev–Trinajstić information content (AvgIpc) is 2.29. The molecule has 5 heteroatoms. The molecule has 0 bridgehead atoms. The minimum Gasteiger partial charge on any atom is -0.310 e. The van der Waals surface area contributed by atoms with Gasteiger partial charge in [0.2, 0.25) is 5.91 Å². The maximum absolute atomic E-state index is 11.7. The Balaban J connectivity index is 2.34. The number of hydrogen-bond acceptors (Lipinski definition) is 3. The second kappa shape index (κ2) is 7.48. The molecule has 18 heavy (non-hydrogen) atoms. The Morgan fingerprint density at radius 3 is 2.78 bits per heavy atom. The summed E-state index contributed by atoms with van der Waals surface area (Å²) >= 11 is 3.30. The molecule has 1 aromatic rings. The number of halogens is 1. The van der Waals surface area contributed by atoms with Gasteiger partial charge in [-0.3, -0.25) is 9.69 Å². The van der Waals surface area contributed by atoms with Gasteiger partial charge in [0.05, 0.1) is 6.54 Å². The second-order valence-electron chi connectivity index (χ2n) is 4.83. The van der Waals surface area contributed by atoms with Crippen LogP contribution < -0.4 is 5.32 Å². The van der Waals surface area contributed by atoms with Gasteiger partial charge >= 0.3 is 0 Å². The number of likely N-dealkylation sites (N-methyl/N-ethyl adjacent to an activating group) is 1. The molecule has 0 atom stereocenters. The van der Waals surface area contributed by atoms with Gasteiger partial charge in [-0.2, -0.15) is 0 Å². The maximum atomic E-state index is 11.7. The Morgan fingerprint density at radius 2 is 2.22 bits per heavy atom. The fourth-order valence-electron chi connectivity index (χ4n) is 1.43. The molecule has 0 aliphatic rings. The van der Waals surface area contributed by atoms with E-state index in [1.165, 1.54) is 0 Å². The van der Waals surface area contributed by atoms with Crippen molar-refractivity contribution in [3.05, 3.63) is 22.8 Å². The van der Waals surface area contributed by atoms with Crippen molar-refractivity contribution in [3.8, 4) is 0 Å². The summed E-state index contributed by atoms with van der Waals surface area (Å²) in [6.07, 6.45) is 2.76. The largest absolute Gasteiger partial charge is 0.310 e. The van der Waals surface area contributed by atoms with Crippen molar-refractivity contribution in [1.29, 1.82) is 0 Å². The highest BCUT2D eigenvalue weighted by atomic mass is 79.9. The van der Waals surface area contributed by atoms with Gasteiger partial charge in [-0.25, -0.2) is 4.98 Å². The summed E-state index contributed by atoms with van der Waals surface area (Å²) in [4.78, 5) is 17.9. The van der Waals surface area contributed by atoms with Crippen LogP contribution in [0.25, 0.3) is 0 Å². The van der Waals surface area contributed by atoms with Gasteiger partial charge in [-0.15, -0.1) is 0 Å². The van der Waals surface area contributed by atoms with E-state index in [2.05, 4.69) is 40.1 Å². The summed E-state index contributed by atoms with van der Waals surface area (Å²) in [5.74, 6) is 1.21. The molecular formula is C13H20BrN3O. The molecule has 1 N–H and O–H groups in total. The lowest BCUT2D eigenvalue weighted by Gasteiger charge is -2.17. The molecule has 0 spiro atoms. The summed E-state index contributed by atoms with van der Waals surface area (Å²) in [5.41, 5.74) is 0. The normalized spacial score (nSPS) is 11.0. The minimum absolute atomic E-state index is 0.0314. The fraction of sp³-hybridized carbons (Fsp3) is 0.538. The molecule has 0 aromatic carbocycles. The lowest BCUT2D eigenvalue weighted by molar-refractivity contribution is -0.117. The van der Waals surface area contributed by atoms with Crippen LogP contribution >= 0.6 is 15.9 Å². The number of hydrogen-bond donors (Lipinski definition) is 1. The van der Waals surface area contributed by atoms with Crippen LogP contribution in [0.1, 0.15) is 20.3 Å². The van der Waals surface area contributed by atoms with Gasteiger partial charge < -0.3 is 5.32 Å². The van der Waals surface area contributed by atoms with Crippen molar-refractivity contribution in [2.75, 3.05) is 25.5 Å². The van der Waals surface area contributed by atoms with Gasteiger partial charge in [0, 0.05) is 10.7 Å². The fourth-order valence-corrected chi connectivity index (χ4v) is 1.67. The number of amides is 1. The summed E-state index contributed by atoms with van der Waals surface area (Å²) in [6, 6.07) is 3.63. The quantitative estimate of drug-likeness (QED) is 0.878. The minimum atomic E-state index is -0.0314. The van der Waals surface area contributed by atoms with Crippen LogP contribution in [0.3, 0.4) is 0 Å². The summed E-state index contributed by atoms with van der Waals surface area (Å²) in [6.45, 7) is 5.68. The highest BCUT2D eigenvalue weighted by Crippen LogP contribution is 2.10. The van der Waals surface area contributed by atoms with Crippen molar-refractivity contribution in [2.45, 2.75) is 20.3 Å². The Morgan fingerprint density at radius 1 is 1.50 bits per heavy atom. The molecule has 0 saturated carbocycles. The van der Waals surface area contributed by atoms with Crippen molar-refractivity contribution < 1.29 is 4.79 Å². The Labute approximate surface area is 117 Å². The molecule has 1 amide bonds. The highest BCUT2D eigenvalue weighted by Gasteiger charge is 2.07. The van der Waals surface area contributed by atoms with Crippen molar-refractivity contribution in [2.24, 2.45) is 5.92 Å². The van der Waals surface area contributed by atoms with Crippen LogP contribution in [0.4, 0.5) is 5.82 Å². The molecule has 0 aliphatic heterocycles. The summed E-state index contributed by atoms with van der Waals surface area (Å²) in [5, 5.41) is 2.78. The number of nitrogens with one attached hydrogen (secondary N) is 1. The monoisotopic (exact) mass is 313 g/mol.